The molecule has 0 radical (unpaired) electrons. The van der Waals surface area contributed by atoms with E-state index in [9.17, 15) is 13.2 Å². The number of halogens is 3. The second-order valence-electron chi connectivity index (χ2n) is 5.40. The zero-order valence-electron chi connectivity index (χ0n) is 11.9. The number of rotatable bonds is 2. The first-order valence-corrected chi connectivity index (χ1v) is 7.24. The molecule has 1 aromatic heterocycles. The van der Waals surface area contributed by atoms with E-state index >= 15 is 0 Å². The molecule has 1 aliphatic rings. The lowest BCUT2D eigenvalue weighted by Gasteiger charge is -2.33. The Labute approximate surface area is 126 Å². The Balaban J connectivity index is 1.75. The van der Waals surface area contributed by atoms with Gasteiger partial charge in [-0.1, -0.05) is 18.2 Å². The number of aromatic nitrogens is 2. The minimum atomic E-state index is -4.30. The predicted octanol–water partition coefficient (Wildman–Crippen LogP) is 3.88. The summed E-state index contributed by atoms with van der Waals surface area (Å²) >= 11 is 0. The predicted molar refractivity (Wildman–Crippen MR) is 77.7 cm³/mol. The second kappa shape index (κ2) is 5.94. The molecule has 1 aliphatic heterocycles. The fraction of sp³-hybridized carbons (Fsp3) is 0.375. The quantitative estimate of drug-likeness (QED) is 0.843. The standard InChI is InChI=1S/C16H16F3N3/c17-16(18,19)14-5-2-1-4-13(14)12-6-10-22(11-7-12)15-20-8-3-9-21-15/h1-5,8-9,12H,6-7,10-11H2. The molecule has 0 aliphatic carbocycles. The molecule has 0 unspecified atom stereocenters. The van der Waals surface area contributed by atoms with Crippen LogP contribution in [-0.2, 0) is 6.18 Å². The van der Waals surface area contributed by atoms with Crippen LogP contribution in [0, 0.1) is 0 Å². The number of alkyl halides is 3. The highest BCUT2D eigenvalue weighted by Gasteiger charge is 2.35. The van der Waals surface area contributed by atoms with Crippen molar-refractivity contribution in [2.45, 2.75) is 24.9 Å². The van der Waals surface area contributed by atoms with Crippen LogP contribution in [0.4, 0.5) is 19.1 Å². The fourth-order valence-electron chi connectivity index (χ4n) is 2.96. The minimum absolute atomic E-state index is 0.0715. The molecule has 2 heterocycles. The fourth-order valence-corrected chi connectivity index (χ4v) is 2.96. The van der Waals surface area contributed by atoms with E-state index in [4.69, 9.17) is 0 Å². The Hall–Kier alpha value is -2.11. The van der Waals surface area contributed by atoms with E-state index in [-0.39, 0.29) is 5.92 Å². The minimum Gasteiger partial charge on any atom is -0.341 e. The molecule has 2 aromatic rings. The first-order chi connectivity index (χ1) is 10.6. The van der Waals surface area contributed by atoms with Crippen molar-refractivity contribution in [1.82, 2.24) is 9.97 Å². The molecule has 22 heavy (non-hydrogen) atoms. The first kappa shape index (κ1) is 14.8. The molecule has 0 spiro atoms. The zero-order valence-corrected chi connectivity index (χ0v) is 11.9. The van der Waals surface area contributed by atoms with Crippen LogP contribution < -0.4 is 4.90 Å². The summed E-state index contributed by atoms with van der Waals surface area (Å²) in [5.74, 6) is 0.572. The van der Waals surface area contributed by atoms with Crippen LogP contribution in [0.1, 0.15) is 29.9 Å². The van der Waals surface area contributed by atoms with Gasteiger partial charge < -0.3 is 4.90 Å². The Morgan fingerprint density at radius 3 is 2.23 bits per heavy atom. The average molecular weight is 307 g/mol. The highest BCUT2D eigenvalue weighted by atomic mass is 19.4. The number of hydrogen-bond donors (Lipinski definition) is 0. The summed E-state index contributed by atoms with van der Waals surface area (Å²) in [6, 6.07) is 7.64. The molecule has 3 rings (SSSR count). The van der Waals surface area contributed by atoms with Gasteiger partial charge in [0.05, 0.1) is 5.56 Å². The molecule has 1 fully saturated rings. The van der Waals surface area contributed by atoms with E-state index < -0.39 is 11.7 Å². The van der Waals surface area contributed by atoms with Crippen LogP contribution in [0.3, 0.4) is 0 Å². The van der Waals surface area contributed by atoms with Gasteiger partial charge in [0, 0.05) is 25.5 Å². The SMILES string of the molecule is FC(F)(F)c1ccccc1C1CCN(c2ncccn2)CC1. The summed E-state index contributed by atoms with van der Waals surface area (Å²) in [7, 11) is 0. The van der Waals surface area contributed by atoms with Gasteiger partial charge in [-0.25, -0.2) is 9.97 Å². The molecule has 0 saturated carbocycles. The zero-order chi connectivity index (χ0) is 15.6. The highest BCUT2D eigenvalue weighted by Crippen LogP contribution is 2.38. The normalized spacial score (nSPS) is 16.8. The van der Waals surface area contributed by atoms with Crippen LogP contribution in [0.25, 0.3) is 0 Å². The highest BCUT2D eigenvalue weighted by molar-refractivity contribution is 5.35. The monoisotopic (exact) mass is 307 g/mol. The molecular weight excluding hydrogens is 291 g/mol. The van der Waals surface area contributed by atoms with Gasteiger partial charge in [-0.05, 0) is 36.5 Å². The molecule has 3 nitrogen and oxygen atoms in total. The molecule has 0 atom stereocenters. The molecular formula is C16H16F3N3. The Morgan fingerprint density at radius 1 is 0.955 bits per heavy atom. The maximum Gasteiger partial charge on any atom is 0.416 e. The lowest BCUT2D eigenvalue weighted by atomic mass is 9.86. The number of anilines is 1. The van der Waals surface area contributed by atoms with Gasteiger partial charge >= 0.3 is 6.18 Å². The van der Waals surface area contributed by atoms with Crippen LogP contribution in [-0.4, -0.2) is 23.1 Å². The van der Waals surface area contributed by atoms with Crippen molar-refractivity contribution in [3.8, 4) is 0 Å². The summed E-state index contributed by atoms with van der Waals surface area (Å²) in [5.41, 5.74) is -0.104. The summed E-state index contributed by atoms with van der Waals surface area (Å²) < 4.78 is 39.3. The smallest absolute Gasteiger partial charge is 0.341 e. The van der Waals surface area contributed by atoms with E-state index in [0.717, 1.165) is 0 Å². The topological polar surface area (TPSA) is 29.0 Å². The van der Waals surface area contributed by atoms with Gasteiger partial charge in [0.15, 0.2) is 0 Å². The summed E-state index contributed by atoms with van der Waals surface area (Å²) in [6.07, 6.45) is 0.397. The number of nitrogens with zero attached hydrogens (tertiary/aromatic N) is 3. The van der Waals surface area contributed by atoms with Gasteiger partial charge in [0.2, 0.25) is 5.95 Å². The third kappa shape index (κ3) is 3.05. The van der Waals surface area contributed by atoms with Crippen LogP contribution >= 0.6 is 0 Å². The first-order valence-electron chi connectivity index (χ1n) is 7.24. The van der Waals surface area contributed by atoms with Crippen molar-refractivity contribution in [3.05, 3.63) is 53.9 Å². The molecule has 0 N–H and O–H groups in total. The van der Waals surface area contributed by atoms with Crippen LogP contribution in [0.5, 0.6) is 0 Å². The van der Waals surface area contributed by atoms with E-state index in [1.54, 1.807) is 30.6 Å². The molecule has 1 saturated heterocycles. The van der Waals surface area contributed by atoms with E-state index in [0.29, 0.717) is 37.4 Å². The van der Waals surface area contributed by atoms with Crippen LogP contribution in [0.2, 0.25) is 0 Å². The second-order valence-corrected chi connectivity index (χ2v) is 5.40. The van der Waals surface area contributed by atoms with Crippen LogP contribution in [0.15, 0.2) is 42.7 Å². The lowest BCUT2D eigenvalue weighted by Crippen LogP contribution is -2.34. The Bertz CT molecular complexity index is 620. The maximum atomic E-state index is 13.1. The maximum absolute atomic E-state index is 13.1. The van der Waals surface area contributed by atoms with E-state index in [1.807, 2.05) is 4.90 Å². The number of piperidine rings is 1. The van der Waals surface area contributed by atoms with Gasteiger partial charge in [0.1, 0.15) is 0 Å². The molecule has 116 valence electrons. The summed E-state index contributed by atoms with van der Waals surface area (Å²) in [5, 5.41) is 0. The van der Waals surface area contributed by atoms with E-state index in [1.165, 1.54) is 12.1 Å². The summed E-state index contributed by atoms with van der Waals surface area (Å²) in [6.45, 7) is 1.34. The lowest BCUT2D eigenvalue weighted by molar-refractivity contribution is -0.138. The molecule has 6 heteroatoms. The van der Waals surface area contributed by atoms with Crippen molar-refractivity contribution in [2.75, 3.05) is 18.0 Å². The molecule has 0 amide bonds. The Kier molecular flexibility index (Phi) is 4.00. The number of benzene rings is 1. The molecule has 1 aromatic carbocycles. The van der Waals surface area contributed by atoms with Gasteiger partial charge in [-0.2, -0.15) is 13.2 Å². The molecule has 0 bridgehead atoms. The Morgan fingerprint density at radius 2 is 1.59 bits per heavy atom. The van der Waals surface area contributed by atoms with Gasteiger partial charge in [-0.15, -0.1) is 0 Å². The van der Waals surface area contributed by atoms with Crippen molar-refractivity contribution in [1.29, 1.82) is 0 Å². The number of hydrogen-bond acceptors (Lipinski definition) is 3. The van der Waals surface area contributed by atoms with E-state index in [2.05, 4.69) is 9.97 Å². The van der Waals surface area contributed by atoms with Crippen molar-refractivity contribution < 1.29 is 13.2 Å². The largest absolute Gasteiger partial charge is 0.416 e. The van der Waals surface area contributed by atoms with Crippen molar-refractivity contribution in [2.24, 2.45) is 0 Å². The third-order valence-electron chi connectivity index (χ3n) is 4.04. The van der Waals surface area contributed by atoms with Gasteiger partial charge in [-0.3, -0.25) is 0 Å². The van der Waals surface area contributed by atoms with Crippen molar-refractivity contribution >= 4 is 5.95 Å². The average Bonchev–Trinajstić information content (AvgIpc) is 2.55. The van der Waals surface area contributed by atoms with Gasteiger partial charge in [0.25, 0.3) is 0 Å². The third-order valence-corrected chi connectivity index (χ3v) is 4.04. The summed E-state index contributed by atoms with van der Waals surface area (Å²) in [4.78, 5) is 10.4. The van der Waals surface area contributed by atoms with Crippen molar-refractivity contribution in [3.63, 3.8) is 0 Å².